The van der Waals surface area contributed by atoms with Crippen LogP contribution in [0.25, 0.3) is 117 Å². The number of fused-ring (bicyclic) bond motifs is 7. The first-order chi connectivity index (χ1) is 30.7. The van der Waals surface area contributed by atoms with Crippen LogP contribution in [0.1, 0.15) is 0 Å². The van der Waals surface area contributed by atoms with E-state index in [1.165, 1.54) is 5.39 Å². The molecule has 0 aliphatic carbocycles. The predicted molar refractivity (Wildman–Crippen MR) is 254 cm³/mol. The summed E-state index contributed by atoms with van der Waals surface area (Å²) in [6.45, 7) is 0. The molecule has 0 aliphatic heterocycles. The lowest BCUT2D eigenvalue weighted by atomic mass is 9.92. The van der Waals surface area contributed by atoms with E-state index in [1.807, 2.05) is 30.3 Å². The maximum Gasteiger partial charge on any atom is 0.164 e. The van der Waals surface area contributed by atoms with E-state index in [-0.39, 0.29) is 0 Å². The van der Waals surface area contributed by atoms with Crippen molar-refractivity contribution in [1.29, 1.82) is 0 Å². The number of aromatic nitrogens is 4. The zero-order valence-corrected chi connectivity index (χ0v) is 33.5. The lowest BCUT2D eigenvalue weighted by Crippen LogP contribution is -2.04. The Morgan fingerprint density at radius 3 is 1.39 bits per heavy atom. The van der Waals surface area contributed by atoms with Crippen molar-refractivity contribution in [2.45, 2.75) is 0 Å². The van der Waals surface area contributed by atoms with Crippen molar-refractivity contribution in [3.8, 4) is 73.2 Å². The van der Waals surface area contributed by atoms with Crippen molar-refractivity contribution in [1.82, 2.24) is 19.5 Å². The van der Waals surface area contributed by atoms with Crippen molar-refractivity contribution in [3.05, 3.63) is 218 Å². The summed E-state index contributed by atoms with van der Waals surface area (Å²) < 4.78 is 9.01. The van der Waals surface area contributed by atoms with Crippen LogP contribution < -0.4 is 0 Å². The molecule has 12 rings (SSSR count). The van der Waals surface area contributed by atoms with Gasteiger partial charge in [0.05, 0.1) is 22.1 Å². The molecule has 0 bridgehead atoms. The summed E-state index contributed by atoms with van der Waals surface area (Å²) in [5, 5.41) is 4.50. The van der Waals surface area contributed by atoms with Crippen LogP contribution in [0.15, 0.2) is 223 Å². The SMILES string of the molecule is c1ccc(-c2ccc(-c3nc(-c4ccccc4)nc(-c4cc(-c5ccccc5)c(-n5c6ccccc6c6ccc7oc8ccccc8c7c65)c(-c5ccccc5)c4)n3)cc2)cc1. The van der Waals surface area contributed by atoms with Crippen LogP contribution in [-0.4, -0.2) is 19.5 Å². The van der Waals surface area contributed by atoms with Crippen molar-refractivity contribution >= 4 is 43.7 Å². The van der Waals surface area contributed by atoms with Gasteiger partial charge in [0.25, 0.3) is 0 Å². The molecule has 62 heavy (non-hydrogen) atoms. The molecule has 0 saturated carbocycles. The zero-order valence-electron chi connectivity index (χ0n) is 33.5. The molecular formula is C57H36N4O. The summed E-state index contributed by atoms with van der Waals surface area (Å²) in [7, 11) is 0. The lowest BCUT2D eigenvalue weighted by Gasteiger charge is -2.21. The predicted octanol–water partition coefficient (Wildman–Crippen LogP) is 14.9. The van der Waals surface area contributed by atoms with E-state index in [4.69, 9.17) is 19.4 Å². The van der Waals surface area contributed by atoms with Gasteiger partial charge >= 0.3 is 0 Å². The van der Waals surface area contributed by atoms with Gasteiger partial charge in [0.2, 0.25) is 0 Å². The van der Waals surface area contributed by atoms with Gasteiger partial charge in [-0.3, -0.25) is 0 Å². The number of hydrogen-bond acceptors (Lipinski definition) is 4. The number of rotatable bonds is 7. The Morgan fingerprint density at radius 2 is 0.774 bits per heavy atom. The van der Waals surface area contributed by atoms with Crippen molar-refractivity contribution in [2.24, 2.45) is 0 Å². The molecule has 290 valence electrons. The first kappa shape index (κ1) is 35.5. The molecule has 12 aromatic rings. The fourth-order valence-electron chi connectivity index (χ4n) is 8.97. The normalized spacial score (nSPS) is 11.5. The molecule has 0 amide bonds. The molecule has 0 saturated heterocycles. The number of furan rings is 1. The van der Waals surface area contributed by atoms with Crippen LogP contribution >= 0.6 is 0 Å². The van der Waals surface area contributed by atoms with E-state index < -0.39 is 0 Å². The number of nitrogens with zero attached hydrogens (tertiary/aromatic N) is 4. The monoisotopic (exact) mass is 792 g/mol. The minimum atomic E-state index is 0.590. The van der Waals surface area contributed by atoms with Gasteiger partial charge in [-0.2, -0.15) is 0 Å². The zero-order chi connectivity index (χ0) is 41.0. The molecule has 0 unspecified atom stereocenters. The maximum atomic E-state index is 6.54. The largest absolute Gasteiger partial charge is 0.456 e. The second-order valence-corrected chi connectivity index (χ2v) is 15.6. The highest BCUT2D eigenvalue weighted by Gasteiger charge is 2.25. The van der Waals surface area contributed by atoms with E-state index in [0.717, 1.165) is 94.1 Å². The Balaban J connectivity index is 1.17. The Bertz CT molecular complexity index is 3540. The van der Waals surface area contributed by atoms with E-state index in [1.54, 1.807) is 0 Å². The molecule has 5 heteroatoms. The Kier molecular flexibility index (Phi) is 8.42. The third kappa shape index (κ3) is 5.98. The number of hydrogen-bond donors (Lipinski definition) is 0. The maximum absolute atomic E-state index is 6.54. The molecule has 0 radical (unpaired) electrons. The molecule has 0 aliphatic rings. The van der Waals surface area contributed by atoms with E-state index >= 15 is 0 Å². The first-order valence-electron chi connectivity index (χ1n) is 20.9. The minimum absolute atomic E-state index is 0.590. The van der Waals surface area contributed by atoms with Gasteiger partial charge in [-0.15, -0.1) is 0 Å². The second kappa shape index (κ2) is 14.7. The van der Waals surface area contributed by atoms with Crippen molar-refractivity contribution < 1.29 is 4.42 Å². The van der Waals surface area contributed by atoms with Gasteiger partial charge in [0.1, 0.15) is 11.2 Å². The Hall–Kier alpha value is -8.41. The van der Waals surface area contributed by atoms with Crippen molar-refractivity contribution in [2.75, 3.05) is 0 Å². The average Bonchev–Trinajstić information content (AvgIpc) is 3.90. The molecule has 9 aromatic carbocycles. The van der Waals surface area contributed by atoms with Gasteiger partial charge < -0.3 is 8.98 Å². The van der Waals surface area contributed by atoms with E-state index in [0.29, 0.717) is 17.5 Å². The summed E-state index contributed by atoms with van der Waals surface area (Å²) in [6, 6.07) is 76.3. The average molecular weight is 793 g/mol. The van der Waals surface area contributed by atoms with Crippen LogP contribution in [0.4, 0.5) is 0 Å². The number of benzene rings is 9. The second-order valence-electron chi connectivity index (χ2n) is 15.6. The first-order valence-corrected chi connectivity index (χ1v) is 20.9. The smallest absolute Gasteiger partial charge is 0.164 e. The highest BCUT2D eigenvalue weighted by atomic mass is 16.3. The molecule has 0 spiro atoms. The van der Waals surface area contributed by atoms with Crippen LogP contribution in [0.3, 0.4) is 0 Å². The standard InChI is InChI=1S/C57H36N4O/c1-5-17-37(18-6-1)38-29-31-42(32-30-38)56-58-55(41-23-11-4-12-24-41)59-57(60-56)43-35-47(39-19-7-2-8-20-39)53(48(36-43)40-21-9-3-10-22-40)61-49-27-15-13-25-44(49)45-33-34-51-52(54(45)61)46-26-14-16-28-50(46)62-51/h1-36H. The van der Waals surface area contributed by atoms with E-state index in [9.17, 15) is 0 Å². The summed E-state index contributed by atoms with van der Waals surface area (Å²) in [5.74, 6) is 1.81. The fourth-order valence-corrected chi connectivity index (χ4v) is 8.97. The highest BCUT2D eigenvalue weighted by molar-refractivity contribution is 6.25. The van der Waals surface area contributed by atoms with E-state index in [2.05, 4.69) is 193 Å². The summed E-state index contributed by atoms with van der Waals surface area (Å²) in [4.78, 5) is 15.6. The lowest BCUT2D eigenvalue weighted by molar-refractivity contribution is 0.669. The molecule has 0 atom stereocenters. The van der Waals surface area contributed by atoms with Gasteiger partial charge in [-0.05, 0) is 58.7 Å². The molecule has 0 N–H and O–H groups in total. The molecule has 0 fully saturated rings. The third-order valence-electron chi connectivity index (χ3n) is 11.9. The fraction of sp³-hybridized carbons (Fsp3) is 0. The summed E-state index contributed by atoms with van der Waals surface area (Å²) >= 11 is 0. The minimum Gasteiger partial charge on any atom is -0.456 e. The van der Waals surface area contributed by atoms with Crippen LogP contribution in [0.2, 0.25) is 0 Å². The van der Waals surface area contributed by atoms with Crippen LogP contribution in [0, 0.1) is 0 Å². The van der Waals surface area contributed by atoms with Crippen LogP contribution in [-0.2, 0) is 0 Å². The summed E-state index contributed by atoms with van der Waals surface area (Å²) in [5.41, 5.74) is 14.2. The topological polar surface area (TPSA) is 56.7 Å². The molecule has 3 aromatic heterocycles. The van der Waals surface area contributed by atoms with Gasteiger partial charge in [0, 0.05) is 44.0 Å². The third-order valence-corrected chi connectivity index (χ3v) is 11.9. The molecular weight excluding hydrogens is 757 g/mol. The quantitative estimate of drug-likeness (QED) is 0.161. The van der Waals surface area contributed by atoms with Gasteiger partial charge in [-0.1, -0.05) is 182 Å². The van der Waals surface area contributed by atoms with Gasteiger partial charge in [-0.25, -0.2) is 15.0 Å². The molecule has 5 nitrogen and oxygen atoms in total. The Morgan fingerprint density at radius 1 is 0.323 bits per heavy atom. The molecule has 3 heterocycles. The summed E-state index contributed by atoms with van der Waals surface area (Å²) in [6.07, 6.45) is 0. The highest BCUT2D eigenvalue weighted by Crippen LogP contribution is 2.46. The van der Waals surface area contributed by atoms with Crippen molar-refractivity contribution in [3.63, 3.8) is 0 Å². The van der Waals surface area contributed by atoms with Crippen LogP contribution in [0.5, 0.6) is 0 Å². The Labute approximate surface area is 357 Å². The number of para-hydroxylation sites is 2. The van der Waals surface area contributed by atoms with Gasteiger partial charge in [0.15, 0.2) is 17.5 Å².